The van der Waals surface area contributed by atoms with Gasteiger partial charge in [0.25, 0.3) is 0 Å². The average Bonchev–Trinajstić information content (AvgIpc) is 2.10. The molecule has 3 heteroatoms. The lowest BCUT2D eigenvalue weighted by atomic mass is 9.98. The van der Waals surface area contributed by atoms with Gasteiger partial charge in [-0.3, -0.25) is 0 Å². The molecule has 78 valence electrons. The first-order valence-corrected chi connectivity index (χ1v) is 4.62. The fourth-order valence-electron chi connectivity index (χ4n) is 1.41. The van der Waals surface area contributed by atoms with Crippen molar-refractivity contribution in [1.82, 2.24) is 0 Å². The van der Waals surface area contributed by atoms with Crippen LogP contribution in [-0.4, -0.2) is 5.11 Å². The van der Waals surface area contributed by atoms with Crippen molar-refractivity contribution in [2.75, 3.05) is 0 Å². The van der Waals surface area contributed by atoms with E-state index in [9.17, 15) is 8.78 Å². The SMILES string of the molecule is CC(C)Cc1cc(F)c(F)cc1CO. The van der Waals surface area contributed by atoms with Crippen molar-refractivity contribution in [3.05, 3.63) is 34.9 Å². The molecule has 1 rings (SSSR count). The Labute approximate surface area is 82.4 Å². The molecular weight excluding hydrogens is 186 g/mol. The summed E-state index contributed by atoms with van der Waals surface area (Å²) in [5, 5.41) is 8.96. The van der Waals surface area contributed by atoms with Crippen LogP contribution in [0.5, 0.6) is 0 Å². The second kappa shape index (κ2) is 4.51. The Kier molecular flexibility index (Phi) is 3.58. The van der Waals surface area contributed by atoms with Gasteiger partial charge in [0.05, 0.1) is 6.61 Å². The fraction of sp³-hybridized carbons (Fsp3) is 0.455. The van der Waals surface area contributed by atoms with Gasteiger partial charge in [-0.2, -0.15) is 0 Å². The van der Waals surface area contributed by atoms with E-state index in [1.54, 1.807) is 0 Å². The number of rotatable bonds is 3. The molecule has 0 aliphatic heterocycles. The number of hydrogen-bond acceptors (Lipinski definition) is 1. The van der Waals surface area contributed by atoms with Gasteiger partial charge in [0, 0.05) is 0 Å². The maximum atomic E-state index is 12.9. The van der Waals surface area contributed by atoms with Crippen molar-refractivity contribution in [1.29, 1.82) is 0 Å². The topological polar surface area (TPSA) is 20.2 Å². The first kappa shape index (κ1) is 11.1. The Hall–Kier alpha value is -0.960. The Balaban J connectivity index is 3.07. The monoisotopic (exact) mass is 200 g/mol. The van der Waals surface area contributed by atoms with Crippen LogP contribution < -0.4 is 0 Å². The van der Waals surface area contributed by atoms with Gasteiger partial charge in [-0.05, 0) is 35.6 Å². The predicted octanol–water partition coefficient (Wildman–Crippen LogP) is 2.66. The van der Waals surface area contributed by atoms with Gasteiger partial charge in [-0.15, -0.1) is 0 Å². The quantitative estimate of drug-likeness (QED) is 0.795. The van der Waals surface area contributed by atoms with E-state index in [4.69, 9.17) is 5.11 Å². The van der Waals surface area contributed by atoms with Gasteiger partial charge in [0.15, 0.2) is 11.6 Å². The minimum absolute atomic E-state index is 0.251. The molecule has 0 aliphatic rings. The van der Waals surface area contributed by atoms with Gasteiger partial charge >= 0.3 is 0 Å². The number of aliphatic hydroxyl groups excluding tert-OH is 1. The van der Waals surface area contributed by atoms with Crippen molar-refractivity contribution in [3.8, 4) is 0 Å². The van der Waals surface area contributed by atoms with E-state index in [1.807, 2.05) is 13.8 Å². The fourth-order valence-corrected chi connectivity index (χ4v) is 1.41. The van der Waals surface area contributed by atoms with Crippen molar-refractivity contribution in [3.63, 3.8) is 0 Å². The van der Waals surface area contributed by atoms with Crippen LogP contribution >= 0.6 is 0 Å². The molecule has 0 amide bonds. The summed E-state index contributed by atoms with van der Waals surface area (Å²) < 4.78 is 25.7. The third kappa shape index (κ3) is 2.51. The largest absolute Gasteiger partial charge is 0.392 e. The minimum Gasteiger partial charge on any atom is -0.392 e. The normalized spacial score (nSPS) is 11.0. The summed E-state index contributed by atoms with van der Waals surface area (Å²) >= 11 is 0. The molecule has 14 heavy (non-hydrogen) atoms. The Morgan fingerprint density at radius 2 is 1.64 bits per heavy atom. The van der Waals surface area contributed by atoms with Crippen LogP contribution in [0.3, 0.4) is 0 Å². The van der Waals surface area contributed by atoms with E-state index in [0.29, 0.717) is 23.5 Å². The van der Waals surface area contributed by atoms with Crippen LogP contribution in [0, 0.1) is 17.6 Å². The lowest BCUT2D eigenvalue weighted by Gasteiger charge is -2.10. The van der Waals surface area contributed by atoms with Crippen LogP contribution in [0.4, 0.5) is 8.78 Å². The summed E-state index contributed by atoms with van der Waals surface area (Å²) in [6, 6.07) is 2.23. The molecule has 0 aromatic heterocycles. The summed E-state index contributed by atoms with van der Waals surface area (Å²) in [5.41, 5.74) is 1.15. The molecule has 1 aromatic rings. The van der Waals surface area contributed by atoms with E-state index in [0.717, 1.165) is 6.07 Å². The van der Waals surface area contributed by atoms with Gasteiger partial charge in [-0.1, -0.05) is 13.8 Å². The van der Waals surface area contributed by atoms with Crippen LogP contribution in [0.2, 0.25) is 0 Å². The zero-order chi connectivity index (χ0) is 10.7. The third-order valence-corrected chi connectivity index (χ3v) is 2.04. The highest BCUT2D eigenvalue weighted by atomic mass is 19.2. The first-order chi connectivity index (χ1) is 6.54. The molecule has 0 atom stereocenters. The second-order valence-corrected chi connectivity index (χ2v) is 3.79. The molecule has 1 nitrogen and oxygen atoms in total. The number of halogens is 2. The van der Waals surface area contributed by atoms with Crippen molar-refractivity contribution in [2.24, 2.45) is 5.92 Å². The van der Waals surface area contributed by atoms with Crippen LogP contribution in [-0.2, 0) is 13.0 Å². The first-order valence-electron chi connectivity index (χ1n) is 4.62. The summed E-state index contributed by atoms with van der Waals surface area (Å²) in [7, 11) is 0. The molecule has 0 saturated heterocycles. The maximum absolute atomic E-state index is 12.9. The predicted molar refractivity (Wildman–Crippen MR) is 50.8 cm³/mol. The standard InChI is InChI=1S/C11H14F2O/c1-7(2)3-8-4-10(12)11(13)5-9(8)6-14/h4-5,7,14H,3,6H2,1-2H3. The van der Waals surface area contributed by atoms with Crippen LogP contribution in [0.1, 0.15) is 25.0 Å². The highest BCUT2D eigenvalue weighted by Crippen LogP contribution is 2.18. The van der Waals surface area contributed by atoms with Crippen LogP contribution in [0.15, 0.2) is 12.1 Å². The van der Waals surface area contributed by atoms with Gasteiger partial charge < -0.3 is 5.11 Å². The van der Waals surface area contributed by atoms with E-state index >= 15 is 0 Å². The molecule has 0 aliphatic carbocycles. The number of benzene rings is 1. The molecular formula is C11H14F2O. The molecule has 0 radical (unpaired) electrons. The van der Waals surface area contributed by atoms with Crippen molar-refractivity contribution >= 4 is 0 Å². The zero-order valence-corrected chi connectivity index (χ0v) is 8.35. The minimum atomic E-state index is -0.901. The lowest BCUT2D eigenvalue weighted by molar-refractivity contribution is 0.279. The van der Waals surface area contributed by atoms with Gasteiger partial charge in [0.1, 0.15) is 0 Å². The third-order valence-electron chi connectivity index (χ3n) is 2.04. The zero-order valence-electron chi connectivity index (χ0n) is 8.35. The Bertz CT molecular complexity index is 321. The molecule has 1 N–H and O–H groups in total. The second-order valence-electron chi connectivity index (χ2n) is 3.79. The van der Waals surface area contributed by atoms with Gasteiger partial charge in [0.2, 0.25) is 0 Å². The molecule has 1 aromatic carbocycles. The average molecular weight is 200 g/mol. The number of aliphatic hydroxyl groups is 1. The van der Waals surface area contributed by atoms with Gasteiger partial charge in [-0.25, -0.2) is 8.78 Å². The van der Waals surface area contributed by atoms with Crippen LogP contribution in [0.25, 0.3) is 0 Å². The maximum Gasteiger partial charge on any atom is 0.159 e. The molecule has 0 unspecified atom stereocenters. The smallest absolute Gasteiger partial charge is 0.159 e. The van der Waals surface area contributed by atoms with E-state index in [-0.39, 0.29) is 6.61 Å². The molecule has 0 bridgehead atoms. The van der Waals surface area contributed by atoms with E-state index in [1.165, 1.54) is 6.07 Å². The molecule has 0 heterocycles. The summed E-state index contributed by atoms with van der Waals surface area (Å²) in [6.45, 7) is 3.73. The highest BCUT2D eigenvalue weighted by Gasteiger charge is 2.10. The highest BCUT2D eigenvalue weighted by molar-refractivity contribution is 5.28. The Morgan fingerprint density at radius 1 is 1.14 bits per heavy atom. The summed E-state index contributed by atoms with van der Waals surface area (Å²) in [5.74, 6) is -1.40. The molecule has 0 fully saturated rings. The molecule has 0 spiro atoms. The number of hydrogen-bond donors (Lipinski definition) is 1. The lowest BCUT2D eigenvalue weighted by Crippen LogP contribution is -2.02. The summed E-state index contributed by atoms with van der Waals surface area (Å²) in [6.07, 6.45) is 0.646. The summed E-state index contributed by atoms with van der Waals surface area (Å²) in [4.78, 5) is 0. The van der Waals surface area contributed by atoms with E-state index < -0.39 is 11.6 Å². The van der Waals surface area contributed by atoms with Crippen molar-refractivity contribution in [2.45, 2.75) is 26.9 Å². The Morgan fingerprint density at radius 3 is 2.07 bits per heavy atom. The molecule has 0 saturated carbocycles. The van der Waals surface area contributed by atoms with Crippen molar-refractivity contribution < 1.29 is 13.9 Å². The van der Waals surface area contributed by atoms with E-state index in [2.05, 4.69) is 0 Å².